The Bertz CT molecular complexity index is 1910. The van der Waals surface area contributed by atoms with Crippen molar-refractivity contribution >= 4 is 57.6 Å². The summed E-state index contributed by atoms with van der Waals surface area (Å²) in [5.74, 6) is 1.03. The van der Waals surface area contributed by atoms with Gasteiger partial charge in [0.25, 0.3) is 5.56 Å². The summed E-state index contributed by atoms with van der Waals surface area (Å²) >= 11 is 9.50. The Balaban J connectivity index is 1.57. The van der Waals surface area contributed by atoms with Gasteiger partial charge in [-0.2, -0.15) is 0 Å². The fraction of sp³-hybridized carbons (Fsp3) is 0.265. The minimum atomic E-state index is -0.660. The summed E-state index contributed by atoms with van der Waals surface area (Å²) in [6, 6.07) is 18.6. The van der Waals surface area contributed by atoms with E-state index in [0.717, 1.165) is 20.3 Å². The van der Waals surface area contributed by atoms with Crippen molar-refractivity contribution in [2.24, 2.45) is 4.99 Å². The number of rotatable bonds is 9. The highest BCUT2D eigenvalue weighted by atomic mass is 127. The number of nitrogens with zero attached hydrogens (tertiary/aromatic N) is 2. The van der Waals surface area contributed by atoms with Crippen LogP contribution in [0.4, 0.5) is 0 Å². The van der Waals surface area contributed by atoms with E-state index in [4.69, 9.17) is 25.8 Å². The van der Waals surface area contributed by atoms with Crippen LogP contribution in [0.25, 0.3) is 6.08 Å². The van der Waals surface area contributed by atoms with E-state index < -0.39 is 12.0 Å². The molecule has 1 aliphatic heterocycles. The topological polar surface area (TPSA) is 79.1 Å². The molecule has 0 bridgehead atoms. The number of allylic oxidation sites excluding steroid dienone is 1. The molecule has 0 fully saturated rings. The molecule has 0 spiro atoms. The zero-order valence-electron chi connectivity index (χ0n) is 25.0. The molecule has 10 heteroatoms. The summed E-state index contributed by atoms with van der Waals surface area (Å²) in [5.41, 5.74) is 4.39. The molecule has 1 aromatic heterocycles. The van der Waals surface area contributed by atoms with Crippen LogP contribution in [0.15, 0.2) is 81.7 Å². The lowest BCUT2D eigenvalue weighted by Crippen LogP contribution is -2.39. The first kappa shape index (κ1) is 32.0. The van der Waals surface area contributed by atoms with Crippen molar-refractivity contribution in [2.45, 2.75) is 46.3 Å². The number of methoxy groups -OCH3 is 1. The van der Waals surface area contributed by atoms with E-state index in [1.807, 2.05) is 66.7 Å². The third-order valence-electron chi connectivity index (χ3n) is 7.28. The number of benzene rings is 3. The molecular formula is C34H32ClIN2O5S. The predicted octanol–water partition coefficient (Wildman–Crippen LogP) is 6.77. The third-order valence-corrected chi connectivity index (χ3v) is 9.32. The highest BCUT2D eigenvalue weighted by molar-refractivity contribution is 14.1. The van der Waals surface area contributed by atoms with Crippen LogP contribution in [0, 0.1) is 3.57 Å². The van der Waals surface area contributed by atoms with Crippen molar-refractivity contribution < 1.29 is 19.0 Å². The molecule has 1 aliphatic rings. The van der Waals surface area contributed by atoms with Gasteiger partial charge in [0.15, 0.2) is 16.3 Å². The Morgan fingerprint density at radius 1 is 1.14 bits per heavy atom. The number of hydrogen-bond acceptors (Lipinski definition) is 7. The quantitative estimate of drug-likeness (QED) is 0.140. The van der Waals surface area contributed by atoms with E-state index in [9.17, 15) is 9.59 Å². The van der Waals surface area contributed by atoms with Gasteiger partial charge < -0.3 is 14.2 Å². The van der Waals surface area contributed by atoms with E-state index in [2.05, 4.69) is 41.4 Å². The Labute approximate surface area is 278 Å². The van der Waals surface area contributed by atoms with Crippen LogP contribution >= 0.6 is 45.5 Å². The van der Waals surface area contributed by atoms with Crippen molar-refractivity contribution in [2.75, 3.05) is 13.7 Å². The maximum absolute atomic E-state index is 14.0. The van der Waals surface area contributed by atoms with Gasteiger partial charge in [-0.1, -0.05) is 73.2 Å². The van der Waals surface area contributed by atoms with Crippen molar-refractivity contribution in [1.82, 2.24) is 4.57 Å². The van der Waals surface area contributed by atoms with Gasteiger partial charge in [-0.25, -0.2) is 9.79 Å². The molecule has 1 atom stereocenters. The summed E-state index contributed by atoms with van der Waals surface area (Å²) in [5, 5.41) is 0.665. The Morgan fingerprint density at radius 2 is 1.84 bits per heavy atom. The van der Waals surface area contributed by atoms with Crippen LogP contribution in [-0.2, 0) is 16.1 Å². The Morgan fingerprint density at radius 3 is 2.48 bits per heavy atom. The third kappa shape index (κ3) is 6.64. The van der Waals surface area contributed by atoms with E-state index in [0.29, 0.717) is 49.7 Å². The molecule has 0 amide bonds. The minimum Gasteiger partial charge on any atom is -0.493 e. The van der Waals surface area contributed by atoms with Gasteiger partial charge in [0.1, 0.15) is 6.61 Å². The monoisotopic (exact) mass is 742 g/mol. The van der Waals surface area contributed by atoms with Crippen molar-refractivity contribution in [3.8, 4) is 11.5 Å². The number of hydrogen-bond donors (Lipinski definition) is 0. The second kappa shape index (κ2) is 13.7. The first-order valence-corrected chi connectivity index (χ1v) is 16.4. The lowest BCUT2D eigenvalue weighted by Gasteiger charge is -2.25. The molecule has 0 aliphatic carbocycles. The van der Waals surface area contributed by atoms with Crippen LogP contribution in [0.3, 0.4) is 0 Å². The van der Waals surface area contributed by atoms with Crippen LogP contribution < -0.4 is 24.4 Å². The van der Waals surface area contributed by atoms with Crippen molar-refractivity contribution in [3.05, 3.63) is 122 Å². The second-order valence-electron chi connectivity index (χ2n) is 10.6. The molecule has 3 aromatic carbocycles. The fourth-order valence-electron chi connectivity index (χ4n) is 5.02. The lowest BCUT2D eigenvalue weighted by atomic mass is 9.93. The molecule has 0 N–H and O–H groups in total. The molecule has 2 heterocycles. The lowest BCUT2D eigenvalue weighted by molar-refractivity contribution is -0.139. The Kier molecular flexibility index (Phi) is 9.97. The van der Waals surface area contributed by atoms with Crippen LogP contribution in [0.1, 0.15) is 61.9 Å². The molecule has 7 nitrogen and oxygen atoms in total. The number of carbonyl (C=O) groups is 1. The van der Waals surface area contributed by atoms with E-state index in [1.54, 1.807) is 25.5 Å². The van der Waals surface area contributed by atoms with Gasteiger partial charge in [0.05, 0.1) is 39.1 Å². The summed E-state index contributed by atoms with van der Waals surface area (Å²) in [6.07, 6.45) is 1.82. The number of thiazole rings is 1. The molecule has 0 unspecified atom stereocenters. The Hall–Kier alpha value is -3.41. The van der Waals surface area contributed by atoms with E-state index in [-0.39, 0.29) is 12.2 Å². The molecule has 4 aromatic rings. The van der Waals surface area contributed by atoms with Crippen LogP contribution in [0.2, 0.25) is 5.02 Å². The average Bonchev–Trinajstić information content (AvgIpc) is 3.30. The maximum atomic E-state index is 14.0. The number of esters is 1. The van der Waals surface area contributed by atoms with Crippen LogP contribution in [0.5, 0.6) is 11.5 Å². The summed E-state index contributed by atoms with van der Waals surface area (Å²) in [6.45, 7) is 8.37. The smallest absolute Gasteiger partial charge is 0.338 e. The minimum absolute atomic E-state index is 0.221. The zero-order valence-corrected chi connectivity index (χ0v) is 28.7. The SMILES string of the molecule is CCOC(=O)C1=C(C)N=c2sc(=Cc3cc(I)c(OCc4ccc(Cl)cc4)c(OC)c3)c(=O)n2[C@@H]1c1ccc(C(C)C)cc1. The van der Waals surface area contributed by atoms with Gasteiger partial charge in [-0.15, -0.1) is 0 Å². The maximum Gasteiger partial charge on any atom is 0.338 e. The predicted molar refractivity (Wildman–Crippen MR) is 182 cm³/mol. The molecule has 0 radical (unpaired) electrons. The van der Waals surface area contributed by atoms with Crippen molar-refractivity contribution in [3.63, 3.8) is 0 Å². The highest BCUT2D eigenvalue weighted by Gasteiger charge is 2.33. The fourth-order valence-corrected chi connectivity index (χ4v) is 6.97. The largest absolute Gasteiger partial charge is 0.493 e. The van der Waals surface area contributed by atoms with Crippen molar-refractivity contribution in [1.29, 1.82) is 0 Å². The normalized spacial score (nSPS) is 14.8. The van der Waals surface area contributed by atoms with E-state index in [1.165, 1.54) is 16.9 Å². The molecule has 0 saturated heterocycles. The van der Waals surface area contributed by atoms with Gasteiger partial charge in [0.2, 0.25) is 0 Å². The molecule has 0 saturated carbocycles. The first-order chi connectivity index (χ1) is 21.1. The molecule has 5 rings (SSSR count). The van der Waals surface area contributed by atoms with E-state index >= 15 is 0 Å². The highest BCUT2D eigenvalue weighted by Crippen LogP contribution is 2.35. The van der Waals surface area contributed by atoms with Crippen LogP contribution in [-0.4, -0.2) is 24.3 Å². The van der Waals surface area contributed by atoms with Gasteiger partial charge >= 0.3 is 5.97 Å². The molecule has 228 valence electrons. The van der Waals surface area contributed by atoms with Gasteiger partial charge in [0, 0.05) is 5.02 Å². The summed E-state index contributed by atoms with van der Waals surface area (Å²) in [7, 11) is 1.59. The number of halogens is 2. The van der Waals surface area contributed by atoms with Gasteiger partial charge in [-0.3, -0.25) is 9.36 Å². The first-order valence-electron chi connectivity index (χ1n) is 14.2. The standard InChI is InChI=1S/C34H32ClIN2O5S/c1-6-42-33(40)29-20(4)37-34-38(30(29)24-11-9-23(10-12-24)19(2)3)32(39)28(44-34)17-22-15-26(36)31(27(16-22)41-5)43-18-21-7-13-25(35)14-8-21/h7-17,19,30H,6,18H2,1-5H3/t30-/m1/s1. The number of aromatic nitrogens is 1. The number of carbonyl (C=O) groups excluding carboxylic acids is 1. The molecular weight excluding hydrogens is 711 g/mol. The number of ether oxygens (including phenoxy) is 3. The zero-order chi connectivity index (χ0) is 31.5. The summed E-state index contributed by atoms with van der Waals surface area (Å²) < 4.78 is 20.1. The second-order valence-corrected chi connectivity index (χ2v) is 13.2. The average molecular weight is 743 g/mol. The summed E-state index contributed by atoms with van der Waals surface area (Å²) in [4.78, 5) is 32.4. The van der Waals surface area contributed by atoms with Gasteiger partial charge in [-0.05, 0) is 95.0 Å². The molecule has 44 heavy (non-hydrogen) atoms. The number of fused-ring (bicyclic) bond motifs is 1.